The van der Waals surface area contributed by atoms with Gasteiger partial charge in [0.2, 0.25) is 10.0 Å². The molecule has 0 radical (unpaired) electrons. The van der Waals surface area contributed by atoms with Crippen molar-refractivity contribution in [1.82, 2.24) is 19.2 Å². The van der Waals surface area contributed by atoms with E-state index >= 15 is 0 Å². The van der Waals surface area contributed by atoms with Crippen molar-refractivity contribution in [3.63, 3.8) is 0 Å². The number of benzene rings is 3. The van der Waals surface area contributed by atoms with Crippen LogP contribution < -0.4 is 5.32 Å². The summed E-state index contributed by atoms with van der Waals surface area (Å²) in [4.78, 5) is 12.3. The summed E-state index contributed by atoms with van der Waals surface area (Å²) in [5.74, 6) is 1.52. The van der Waals surface area contributed by atoms with E-state index in [1.165, 1.54) is 9.87 Å². The van der Waals surface area contributed by atoms with Crippen LogP contribution in [-0.2, 0) is 16.6 Å². The summed E-state index contributed by atoms with van der Waals surface area (Å²) in [6, 6.07) is 24.5. The fraction of sp³-hybridized carbons (Fsp3) is 0.259. The van der Waals surface area contributed by atoms with Gasteiger partial charge in [0.25, 0.3) is 0 Å². The number of aromatic nitrogens is 2. The Bertz CT molecular complexity index is 1440. The van der Waals surface area contributed by atoms with Crippen LogP contribution >= 0.6 is 11.6 Å². The monoisotopic (exact) mass is 521 g/mol. The third-order valence-electron chi connectivity index (χ3n) is 6.57. The van der Waals surface area contributed by atoms with E-state index in [-0.39, 0.29) is 10.9 Å². The van der Waals surface area contributed by atoms with Gasteiger partial charge in [-0.25, -0.2) is 18.4 Å². The Morgan fingerprint density at radius 2 is 1.56 bits per heavy atom. The number of sulfonamides is 1. The van der Waals surface area contributed by atoms with Gasteiger partial charge in [0.05, 0.1) is 16.5 Å². The van der Waals surface area contributed by atoms with E-state index in [1.807, 2.05) is 42.5 Å². The average molecular weight is 522 g/mol. The van der Waals surface area contributed by atoms with Crippen LogP contribution in [0.4, 0.5) is 5.82 Å². The van der Waals surface area contributed by atoms with Crippen molar-refractivity contribution in [3.05, 3.63) is 95.3 Å². The van der Waals surface area contributed by atoms with Gasteiger partial charge in [-0.15, -0.1) is 0 Å². The molecular formula is C27H28ClN5O2S. The third kappa shape index (κ3) is 5.22. The molecule has 2 heterocycles. The molecule has 186 valence electrons. The Balaban J connectivity index is 1.32. The van der Waals surface area contributed by atoms with Crippen LogP contribution in [0.1, 0.15) is 24.4 Å². The predicted octanol–water partition coefficient (Wildman–Crippen LogP) is 4.96. The highest BCUT2D eigenvalue weighted by Crippen LogP contribution is 2.27. The van der Waals surface area contributed by atoms with Crippen molar-refractivity contribution in [2.45, 2.75) is 24.4 Å². The molecule has 9 heteroatoms. The molecule has 1 aliphatic rings. The molecule has 1 fully saturated rings. The number of hydrogen-bond acceptors (Lipinski definition) is 6. The van der Waals surface area contributed by atoms with Crippen LogP contribution in [0.2, 0.25) is 5.02 Å². The zero-order chi connectivity index (χ0) is 25.1. The fourth-order valence-corrected chi connectivity index (χ4v) is 6.00. The second-order valence-electron chi connectivity index (χ2n) is 8.86. The lowest BCUT2D eigenvalue weighted by Gasteiger charge is -2.36. The number of nitrogens with zero attached hydrogens (tertiary/aromatic N) is 4. The topological polar surface area (TPSA) is 78.4 Å². The molecule has 1 aliphatic heterocycles. The first kappa shape index (κ1) is 24.6. The molecule has 36 heavy (non-hydrogen) atoms. The van der Waals surface area contributed by atoms with Crippen molar-refractivity contribution in [2.24, 2.45) is 0 Å². The normalized spacial score (nSPS) is 16.2. The van der Waals surface area contributed by atoms with Gasteiger partial charge in [-0.05, 0) is 48.9 Å². The van der Waals surface area contributed by atoms with Crippen molar-refractivity contribution >= 4 is 38.3 Å². The first-order valence-electron chi connectivity index (χ1n) is 12.0. The van der Waals surface area contributed by atoms with E-state index in [0.717, 1.165) is 22.5 Å². The lowest BCUT2D eigenvalue weighted by Crippen LogP contribution is -2.49. The number of anilines is 1. The van der Waals surface area contributed by atoms with E-state index in [9.17, 15) is 8.42 Å². The summed E-state index contributed by atoms with van der Waals surface area (Å²) >= 11 is 5.93. The van der Waals surface area contributed by atoms with Crippen LogP contribution in [-0.4, -0.2) is 53.8 Å². The molecule has 1 saturated heterocycles. The average Bonchev–Trinajstić information content (AvgIpc) is 2.92. The molecule has 1 aromatic heterocycles. The van der Waals surface area contributed by atoms with Crippen molar-refractivity contribution in [1.29, 1.82) is 0 Å². The summed E-state index contributed by atoms with van der Waals surface area (Å²) < 4.78 is 27.6. The minimum atomic E-state index is -3.56. The molecule has 1 atom stereocenters. The summed E-state index contributed by atoms with van der Waals surface area (Å²) in [5.41, 5.74) is 2.06. The van der Waals surface area contributed by atoms with Crippen molar-refractivity contribution in [3.8, 4) is 0 Å². The van der Waals surface area contributed by atoms with Gasteiger partial charge in [-0.3, -0.25) is 4.90 Å². The predicted molar refractivity (Wildman–Crippen MR) is 144 cm³/mol. The van der Waals surface area contributed by atoms with Gasteiger partial charge < -0.3 is 5.32 Å². The van der Waals surface area contributed by atoms with E-state index in [0.29, 0.717) is 37.7 Å². The fourth-order valence-electron chi connectivity index (χ4n) is 4.45. The lowest BCUT2D eigenvalue weighted by molar-refractivity contribution is 0.141. The minimum absolute atomic E-state index is 0.0627. The number of piperazine rings is 1. The highest BCUT2D eigenvalue weighted by Gasteiger charge is 2.31. The molecule has 0 saturated carbocycles. The molecule has 5 rings (SSSR count). The third-order valence-corrected chi connectivity index (χ3v) is 8.73. The van der Waals surface area contributed by atoms with E-state index in [1.54, 1.807) is 24.3 Å². The maximum Gasteiger partial charge on any atom is 0.243 e. The molecule has 0 bridgehead atoms. The van der Waals surface area contributed by atoms with Gasteiger partial charge in [-0.2, -0.15) is 4.31 Å². The quantitative estimate of drug-likeness (QED) is 0.370. The van der Waals surface area contributed by atoms with E-state index in [4.69, 9.17) is 21.6 Å². The molecule has 0 aliphatic carbocycles. The Labute approximate surface area is 216 Å². The van der Waals surface area contributed by atoms with Crippen molar-refractivity contribution in [2.75, 3.05) is 31.5 Å². The molecule has 0 spiro atoms. The molecule has 1 N–H and O–H groups in total. The highest BCUT2D eigenvalue weighted by atomic mass is 35.5. The summed E-state index contributed by atoms with van der Waals surface area (Å²) in [7, 11) is -3.56. The lowest BCUT2D eigenvalue weighted by atomic mass is 10.2. The van der Waals surface area contributed by atoms with E-state index in [2.05, 4.69) is 29.3 Å². The largest absolute Gasteiger partial charge is 0.365 e. The molecule has 0 unspecified atom stereocenters. The summed E-state index contributed by atoms with van der Waals surface area (Å²) in [6.45, 7) is 4.74. The highest BCUT2D eigenvalue weighted by molar-refractivity contribution is 7.89. The molecule has 7 nitrogen and oxygen atoms in total. The van der Waals surface area contributed by atoms with Gasteiger partial charge in [0, 0.05) is 43.1 Å². The Hall–Kier alpha value is -3.04. The first-order valence-corrected chi connectivity index (χ1v) is 13.8. The molecular weight excluding hydrogens is 494 g/mol. The SMILES string of the molecule is C[C@@H](c1nc(NCc2ccccc2)c2ccccc2n1)N1CCN(S(=O)(=O)c2ccc(Cl)cc2)CC1. The van der Waals surface area contributed by atoms with Gasteiger partial charge in [0.1, 0.15) is 11.6 Å². The van der Waals surface area contributed by atoms with Gasteiger partial charge in [-0.1, -0.05) is 54.1 Å². The number of hydrogen-bond donors (Lipinski definition) is 1. The van der Waals surface area contributed by atoms with Crippen LogP contribution in [0.25, 0.3) is 10.9 Å². The zero-order valence-electron chi connectivity index (χ0n) is 20.0. The second kappa shape index (κ2) is 10.5. The van der Waals surface area contributed by atoms with Gasteiger partial charge >= 0.3 is 0 Å². The number of para-hydroxylation sites is 1. The smallest absolute Gasteiger partial charge is 0.243 e. The van der Waals surface area contributed by atoms with E-state index < -0.39 is 10.0 Å². The Kier molecular flexibility index (Phi) is 7.20. The number of nitrogens with one attached hydrogen (secondary N) is 1. The Morgan fingerprint density at radius 1 is 0.889 bits per heavy atom. The maximum absolute atomic E-state index is 13.1. The number of rotatable bonds is 7. The Morgan fingerprint density at radius 3 is 2.28 bits per heavy atom. The van der Waals surface area contributed by atoms with Crippen LogP contribution in [0, 0.1) is 0 Å². The first-order chi connectivity index (χ1) is 17.4. The van der Waals surface area contributed by atoms with Crippen LogP contribution in [0.3, 0.4) is 0 Å². The number of fused-ring (bicyclic) bond motifs is 1. The summed E-state index contributed by atoms with van der Waals surface area (Å²) in [6.07, 6.45) is 0. The second-order valence-corrected chi connectivity index (χ2v) is 11.2. The molecule has 0 amide bonds. The van der Waals surface area contributed by atoms with Crippen LogP contribution in [0.15, 0.2) is 83.8 Å². The molecule has 3 aromatic carbocycles. The zero-order valence-corrected chi connectivity index (χ0v) is 21.6. The van der Waals surface area contributed by atoms with Crippen LogP contribution in [0.5, 0.6) is 0 Å². The standard InChI is InChI=1S/C27H28ClN5O2S/c1-20(32-15-17-33(18-16-32)36(34,35)23-13-11-22(28)12-14-23)26-30-25-10-6-5-9-24(25)27(31-26)29-19-21-7-3-2-4-8-21/h2-14,20H,15-19H2,1H3,(H,29,30,31)/t20-/m0/s1. The minimum Gasteiger partial charge on any atom is -0.365 e. The summed E-state index contributed by atoms with van der Waals surface area (Å²) in [5, 5.41) is 4.97. The maximum atomic E-state index is 13.1. The van der Waals surface area contributed by atoms with Crippen molar-refractivity contribution < 1.29 is 8.42 Å². The number of halogens is 1. The van der Waals surface area contributed by atoms with Gasteiger partial charge in [0.15, 0.2) is 0 Å². The molecule has 4 aromatic rings.